The molecule has 1 rings (SSSR count). The van der Waals surface area contributed by atoms with Crippen LogP contribution in [-0.4, -0.2) is 227 Å². The van der Waals surface area contributed by atoms with E-state index in [4.69, 9.17) is 44.0 Å². The molecule has 34 nitrogen and oxygen atoms in total. The highest BCUT2D eigenvalue weighted by Crippen LogP contribution is 2.15. The van der Waals surface area contributed by atoms with E-state index < -0.39 is 193 Å². The third kappa shape index (κ3) is 32.0. The zero-order valence-electron chi connectivity index (χ0n) is 53.5. The zero-order valence-corrected chi connectivity index (χ0v) is 54.3. The first-order chi connectivity index (χ1) is 44.2. The van der Waals surface area contributed by atoms with Gasteiger partial charge in [0.1, 0.15) is 60.6 Å². The molecule has 1 aliphatic rings. The number of aliphatic carboxylic acids is 1. The van der Waals surface area contributed by atoms with Gasteiger partial charge in [0.15, 0.2) is 12.1 Å². The van der Waals surface area contributed by atoms with Crippen molar-refractivity contribution in [3.8, 4) is 0 Å². The first-order valence-corrected chi connectivity index (χ1v) is 32.0. The Balaban J connectivity index is 4.23. The predicted molar refractivity (Wildman–Crippen MR) is 335 cm³/mol. The van der Waals surface area contributed by atoms with Gasteiger partial charge >= 0.3 is 17.9 Å². The molecular weight excluding hydrogens is 1250 g/mol. The van der Waals surface area contributed by atoms with E-state index in [-0.39, 0.29) is 64.7 Å². The molecule has 1 heterocycles. The average molecular weight is 1350 g/mol. The number of rotatable bonds is 34. The van der Waals surface area contributed by atoms with Crippen molar-refractivity contribution in [1.29, 1.82) is 0 Å². The van der Waals surface area contributed by atoms with Crippen LogP contribution >= 0.6 is 11.6 Å². The number of halogens is 1. The van der Waals surface area contributed by atoms with Gasteiger partial charge in [0, 0.05) is 0 Å². The molecule has 0 aromatic carbocycles. The second kappa shape index (κ2) is 46.8. The van der Waals surface area contributed by atoms with Crippen molar-refractivity contribution in [2.45, 2.75) is 228 Å². The molecule has 1 aliphatic heterocycles. The average Bonchev–Trinajstić information content (AvgIpc) is 3.42. The van der Waals surface area contributed by atoms with Gasteiger partial charge in [-0.25, -0.2) is 14.4 Å². The number of carbonyl (C=O) groups is 13. The van der Waals surface area contributed by atoms with Crippen LogP contribution in [0.2, 0.25) is 0 Å². The van der Waals surface area contributed by atoms with Crippen molar-refractivity contribution >= 4 is 88.6 Å². The Kier molecular flexibility index (Phi) is 42.2. The first-order valence-electron chi connectivity index (χ1n) is 31.4. The Labute approximate surface area is 545 Å². The van der Waals surface area contributed by atoms with Crippen molar-refractivity contribution in [2.75, 3.05) is 45.8 Å². The van der Waals surface area contributed by atoms with Crippen LogP contribution in [0.15, 0.2) is 11.8 Å². The fraction of sp³-hybridized carbons (Fsp3) is 0.741. The van der Waals surface area contributed by atoms with Crippen LogP contribution in [0.25, 0.3) is 0 Å². The number of carboxylic acid groups (broad SMARTS) is 1. The van der Waals surface area contributed by atoms with Crippen LogP contribution in [0.1, 0.15) is 149 Å². The number of aliphatic hydroxyl groups excluding tert-OH is 4. The maximum absolute atomic E-state index is 14.6. The fourth-order valence-corrected chi connectivity index (χ4v) is 9.55. The van der Waals surface area contributed by atoms with Gasteiger partial charge in [-0.2, -0.15) is 0 Å². The number of hydrogen-bond donors (Lipinski definition) is 19. The van der Waals surface area contributed by atoms with Crippen molar-refractivity contribution in [3.05, 3.63) is 11.8 Å². The van der Waals surface area contributed by atoms with E-state index in [1.165, 1.54) is 6.92 Å². The van der Waals surface area contributed by atoms with Crippen LogP contribution in [0.4, 0.5) is 0 Å². The number of hydrogen-bond acceptors (Lipinski definition) is 23. The SMILES string of the molecule is C/C=C1/NC(=O)[C@H]([C@H](C)O)NC(=O)[C@H](CCN)NC(=O)[C@H](CCCCN)NC(=O)[C@H](CC(=O)N[C@@H](CCCCN)C(=O)OC)NC(=O)[C@@H](CCN)NC(=O)[C@@H](NC(=O)C[C@@H](O)CCCCCCCCCCC)COC(=O)[C@H]([C@H](O)CCl)NC(=O)[C@H](C(O)C(=O)O)NC1=O. The van der Waals surface area contributed by atoms with Crippen LogP contribution in [0, 0.1) is 0 Å². The molecule has 0 saturated carbocycles. The number of ether oxygens (including phenoxy) is 2. The minimum absolute atomic E-state index is 0.0201. The summed E-state index contributed by atoms with van der Waals surface area (Å²) in [5, 5.41) is 75.7. The van der Waals surface area contributed by atoms with Gasteiger partial charge in [0.2, 0.25) is 53.2 Å². The third-order valence-corrected chi connectivity index (χ3v) is 15.1. The summed E-state index contributed by atoms with van der Waals surface area (Å²) in [6.45, 7) is 2.77. The van der Waals surface area contributed by atoms with Crippen molar-refractivity contribution in [2.24, 2.45) is 22.9 Å². The molecule has 93 heavy (non-hydrogen) atoms. The summed E-state index contributed by atoms with van der Waals surface area (Å²) < 4.78 is 10.2. The minimum Gasteiger partial charge on any atom is -0.479 e. The Bertz CT molecular complexity index is 2460. The lowest BCUT2D eigenvalue weighted by Crippen LogP contribution is -2.62. The molecule has 0 radical (unpaired) electrons. The highest BCUT2D eigenvalue weighted by molar-refractivity contribution is 6.18. The van der Waals surface area contributed by atoms with E-state index in [9.17, 15) is 87.9 Å². The number of esters is 2. The quantitative estimate of drug-likeness (QED) is 0.0124. The van der Waals surface area contributed by atoms with Crippen molar-refractivity contribution < 1.29 is 97.3 Å². The normalized spacial score (nSPS) is 23.4. The molecule has 1 fully saturated rings. The monoisotopic (exact) mass is 1350 g/mol. The number of cyclic esters (lactones) is 1. The summed E-state index contributed by atoms with van der Waals surface area (Å²) in [5.74, 6) is -18.1. The van der Waals surface area contributed by atoms with E-state index >= 15 is 0 Å². The van der Waals surface area contributed by atoms with Crippen LogP contribution in [0.3, 0.4) is 0 Å². The number of nitrogens with two attached hydrogens (primary N) is 4. The summed E-state index contributed by atoms with van der Waals surface area (Å²) in [4.78, 5) is 180. The summed E-state index contributed by atoms with van der Waals surface area (Å²) in [5.41, 5.74) is 22.3. The molecule has 0 aromatic heterocycles. The van der Waals surface area contributed by atoms with Gasteiger partial charge in [-0.15, -0.1) is 11.6 Å². The van der Waals surface area contributed by atoms with Crippen LogP contribution < -0.4 is 76.1 Å². The summed E-state index contributed by atoms with van der Waals surface area (Å²) >= 11 is 5.91. The summed E-state index contributed by atoms with van der Waals surface area (Å²) in [6, 6.07) is -17.3. The topological polar surface area (TPSA) is 566 Å². The van der Waals surface area contributed by atoms with Gasteiger partial charge in [-0.05, 0) is 97.8 Å². The smallest absolute Gasteiger partial charge is 0.335 e. The first kappa shape index (κ1) is 83.8. The van der Waals surface area contributed by atoms with Crippen molar-refractivity contribution in [1.82, 2.24) is 53.2 Å². The molecule has 10 amide bonds. The molecule has 35 heteroatoms. The number of carbonyl (C=O) groups excluding carboxylic acids is 12. The second-order valence-electron chi connectivity index (χ2n) is 22.4. The van der Waals surface area contributed by atoms with E-state index in [1.807, 2.05) is 10.6 Å². The van der Waals surface area contributed by atoms with Gasteiger partial charge in [-0.1, -0.05) is 70.8 Å². The number of nitrogens with one attached hydrogen (secondary N) is 10. The number of amides is 10. The number of carboxylic acids is 1. The molecular formula is C58H101ClN14O20. The van der Waals surface area contributed by atoms with Gasteiger partial charge in [0.05, 0.1) is 44.1 Å². The van der Waals surface area contributed by atoms with Crippen molar-refractivity contribution in [3.63, 3.8) is 0 Å². The fourth-order valence-electron chi connectivity index (χ4n) is 9.38. The maximum atomic E-state index is 14.6. The molecule has 13 atom stereocenters. The Morgan fingerprint density at radius 1 is 0.613 bits per heavy atom. The standard InChI is InChI=1S/C58H101ClN14O20/c1-5-7-8-9-10-11-12-13-14-19-33(75)28-42(77)65-40-31-93-58(91)45(41(76)30-59)72-55(87)46(47(79)56(88)89)73-48(80)34(6-2)66-54(86)44(32(3)74)71-51(83)37(23-27-63)68-49(81)35(20-15-17-24-60)67-52(84)39(70-50(82)36(22-26-62)69-53(40)85)29-43(78)64-38(57(90)92-4)21-16-18-25-61/h6,32-33,35-41,44-47,74-76,79H,5,7-31,60-63H2,1-4H3,(H,64,78)(H,65,77)(H,66,86)(H,67,84)(H,68,81)(H,69,85)(H,70,82)(H,71,83)(H,72,87)(H,73,80)(H,88,89)/b34-6+/t32-,33-,35-,36+,37-,38-,39-,40-,41+,44-,45-,46-,47?/m0/s1. The van der Waals surface area contributed by atoms with Gasteiger partial charge in [-0.3, -0.25) is 47.9 Å². The molecule has 0 spiro atoms. The highest BCUT2D eigenvalue weighted by Gasteiger charge is 2.41. The van der Waals surface area contributed by atoms with Gasteiger partial charge in [0.25, 0.3) is 5.91 Å². The molecule has 1 unspecified atom stereocenters. The Morgan fingerprint density at radius 3 is 1.65 bits per heavy atom. The number of aliphatic hydroxyl groups is 4. The Morgan fingerprint density at radius 2 is 1.12 bits per heavy atom. The molecule has 0 aliphatic carbocycles. The largest absolute Gasteiger partial charge is 0.479 e. The maximum Gasteiger partial charge on any atom is 0.335 e. The lowest BCUT2D eigenvalue weighted by Gasteiger charge is -2.29. The number of unbranched alkanes of at least 4 members (excludes halogenated alkanes) is 10. The second-order valence-corrected chi connectivity index (χ2v) is 22.7. The lowest BCUT2D eigenvalue weighted by molar-refractivity contribution is -0.155. The van der Waals surface area contributed by atoms with Crippen LogP contribution in [0.5, 0.6) is 0 Å². The molecule has 0 bridgehead atoms. The van der Waals surface area contributed by atoms with E-state index in [0.717, 1.165) is 71.5 Å². The minimum atomic E-state index is -2.85. The van der Waals surface area contributed by atoms with E-state index in [1.54, 1.807) is 0 Å². The number of methoxy groups -OCH3 is 1. The summed E-state index contributed by atoms with van der Waals surface area (Å²) in [6.07, 6.45) is 0.254. The highest BCUT2D eigenvalue weighted by atomic mass is 35.5. The van der Waals surface area contributed by atoms with E-state index in [2.05, 4.69) is 49.5 Å². The lowest BCUT2D eigenvalue weighted by atomic mass is 10.0. The zero-order chi connectivity index (χ0) is 70.2. The molecule has 1 saturated heterocycles. The Hall–Kier alpha value is -7.18. The number of alkyl halides is 1. The van der Waals surface area contributed by atoms with Gasteiger partial charge < -0.3 is 111 Å². The molecule has 23 N–H and O–H groups in total. The predicted octanol–water partition coefficient (Wildman–Crippen LogP) is -5.46. The van der Waals surface area contributed by atoms with E-state index in [0.29, 0.717) is 19.3 Å². The van der Waals surface area contributed by atoms with Crippen LogP contribution in [-0.2, 0) is 71.8 Å². The molecule has 0 aromatic rings. The third-order valence-electron chi connectivity index (χ3n) is 14.7. The summed E-state index contributed by atoms with van der Waals surface area (Å²) in [7, 11) is 1.06. The molecule has 530 valence electrons. The number of allylic oxidation sites excluding steroid dienone is 1.